The highest BCUT2D eigenvalue weighted by Gasteiger charge is 2.29. The van der Waals surface area contributed by atoms with Crippen LogP contribution in [0.15, 0.2) is 0 Å². The van der Waals surface area contributed by atoms with Crippen molar-refractivity contribution in [3.8, 4) is 0 Å². The molecule has 0 unspecified atom stereocenters. The van der Waals surface area contributed by atoms with Gasteiger partial charge < -0.3 is 15.1 Å². The molecule has 0 aromatic rings. The zero-order valence-electron chi connectivity index (χ0n) is 8.69. The van der Waals surface area contributed by atoms with E-state index in [2.05, 4.69) is 0 Å². The molecule has 0 bridgehead atoms. The van der Waals surface area contributed by atoms with E-state index < -0.39 is 5.97 Å². The molecule has 0 atom stereocenters. The Labute approximate surface area is 88.7 Å². The smallest absolute Gasteiger partial charge is 0.303 e. The Morgan fingerprint density at radius 1 is 1.20 bits per heavy atom. The molecule has 0 aromatic carbocycles. The second kappa shape index (κ2) is 5.70. The Kier molecular flexibility index (Phi) is 4.55. The molecule has 15 heavy (non-hydrogen) atoms. The van der Waals surface area contributed by atoms with E-state index in [0.29, 0.717) is 32.4 Å². The molecule has 1 saturated heterocycles. The molecule has 1 aliphatic rings. The lowest BCUT2D eigenvalue weighted by atomic mass is 10.0. The molecule has 2 N–H and O–H groups in total. The van der Waals surface area contributed by atoms with E-state index in [-0.39, 0.29) is 24.9 Å². The normalized spacial score (nSPS) is 16.2. The first kappa shape index (κ1) is 12.0. The molecule has 5 nitrogen and oxygen atoms in total. The van der Waals surface area contributed by atoms with Crippen molar-refractivity contribution in [3.63, 3.8) is 0 Å². The Morgan fingerprint density at radius 3 is 2.33 bits per heavy atom. The fourth-order valence-corrected chi connectivity index (χ4v) is 1.60. The van der Waals surface area contributed by atoms with Crippen LogP contribution in [0, 0.1) is 5.92 Å². The van der Waals surface area contributed by atoms with E-state index >= 15 is 0 Å². The van der Waals surface area contributed by atoms with Crippen LogP contribution >= 0.6 is 0 Å². The summed E-state index contributed by atoms with van der Waals surface area (Å²) in [7, 11) is 0. The van der Waals surface area contributed by atoms with Crippen molar-refractivity contribution in [2.75, 3.05) is 19.7 Å². The summed E-state index contributed by atoms with van der Waals surface area (Å²) in [5, 5.41) is 17.1. The van der Waals surface area contributed by atoms with Gasteiger partial charge in [-0.25, -0.2) is 0 Å². The van der Waals surface area contributed by atoms with Crippen LogP contribution in [0.2, 0.25) is 0 Å². The number of carboxylic acid groups (broad SMARTS) is 1. The number of unbranched alkanes of at least 4 members (excludes halogenated alkanes) is 1. The van der Waals surface area contributed by atoms with Gasteiger partial charge in [0.15, 0.2) is 0 Å². The van der Waals surface area contributed by atoms with Crippen molar-refractivity contribution in [1.29, 1.82) is 0 Å². The summed E-state index contributed by atoms with van der Waals surface area (Å²) < 4.78 is 0. The van der Waals surface area contributed by atoms with Gasteiger partial charge in [0.2, 0.25) is 5.91 Å². The van der Waals surface area contributed by atoms with E-state index in [1.54, 1.807) is 4.90 Å². The Bertz CT molecular complexity index is 236. The molecule has 1 fully saturated rings. The average molecular weight is 215 g/mol. The van der Waals surface area contributed by atoms with Crippen LogP contribution in [0.3, 0.4) is 0 Å². The van der Waals surface area contributed by atoms with Crippen molar-refractivity contribution in [2.24, 2.45) is 5.92 Å². The summed E-state index contributed by atoms with van der Waals surface area (Å²) in [6.45, 7) is 1.44. The third-order valence-electron chi connectivity index (χ3n) is 2.60. The molecular weight excluding hydrogens is 198 g/mol. The molecule has 86 valence electrons. The first-order chi connectivity index (χ1) is 7.13. The molecule has 0 spiro atoms. The van der Waals surface area contributed by atoms with Gasteiger partial charge in [0.25, 0.3) is 0 Å². The largest absolute Gasteiger partial charge is 0.481 e. The van der Waals surface area contributed by atoms with Gasteiger partial charge in [-0.2, -0.15) is 0 Å². The number of amides is 1. The van der Waals surface area contributed by atoms with Gasteiger partial charge in [-0.3, -0.25) is 9.59 Å². The maximum absolute atomic E-state index is 11.4. The lowest BCUT2D eigenvalue weighted by Gasteiger charge is -2.38. The summed E-state index contributed by atoms with van der Waals surface area (Å²) in [6.07, 6.45) is 1.74. The Hall–Kier alpha value is -1.10. The summed E-state index contributed by atoms with van der Waals surface area (Å²) in [5.41, 5.74) is 0. The molecule has 0 saturated carbocycles. The van der Waals surface area contributed by atoms with E-state index in [1.165, 1.54) is 0 Å². The fraction of sp³-hybridized carbons (Fsp3) is 0.800. The third kappa shape index (κ3) is 3.87. The summed E-state index contributed by atoms with van der Waals surface area (Å²) in [4.78, 5) is 23.3. The summed E-state index contributed by atoms with van der Waals surface area (Å²) >= 11 is 0. The second-order valence-corrected chi connectivity index (χ2v) is 3.95. The number of carbonyl (C=O) groups is 2. The van der Waals surface area contributed by atoms with Gasteiger partial charge in [0, 0.05) is 38.5 Å². The minimum Gasteiger partial charge on any atom is -0.481 e. The highest BCUT2D eigenvalue weighted by Crippen LogP contribution is 2.16. The maximum Gasteiger partial charge on any atom is 0.303 e. The molecule has 1 rings (SSSR count). The highest BCUT2D eigenvalue weighted by atomic mass is 16.4. The van der Waals surface area contributed by atoms with Crippen molar-refractivity contribution in [2.45, 2.75) is 25.7 Å². The summed E-state index contributed by atoms with van der Waals surface area (Å²) in [5.74, 6) is -0.496. The van der Waals surface area contributed by atoms with Crippen LogP contribution in [0.5, 0.6) is 0 Å². The molecule has 1 aliphatic heterocycles. The van der Waals surface area contributed by atoms with Crippen LogP contribution in [0.25, 0.3) is 0 Å². The van der Waals surface area contributed by atoms with Crippen LogP contribution < -0.4 is 0 Å². The maximum atomic E-state index is 11.4. The lowest BCUT2D eigenvalue weighted by molar-refractivity contribution is -0.140. The third-order valence-corrected chi connectivity index (χ3v) is 2.60. The van der Waals surface area contributed by atoms with Crippen LogP contribution in [0.4, 0.5) is 0 Å². The highest BCUT2D eigenvalue weighted by molar-refractivity contribution is 5.77. The first-order valence-corrected chi connectivity index (χ1v) is 5.24. The zero-order valence-corrected chi connectivity index (χ0v) is 8.69. The number of aliphatic hydroxyl groups excluding tert-OH is 1. The number of nitrogens with zero attached hydrogens (tertiary/aromatic N) is 1. The number of likely N-dealkylation sites (tertiary alicyclic amines) is 1. The average Bonchev–Trinajstić information content (AvgIpc) is 2.10. The second-order valence-electron chi connectivity index (χ2n) is 3.95. The monoisotopic (exact) mass is 215 g/mol. The number of carbonyl (C=O) groups excluding carboxylic acids is 1. The fourth-order valence-electron chi connectivity index (χ4n) is 1.60. The molecule has 0 aromatic heterocycles. The predicted octanol–water partition coefficient (Wildman–Crippen LogP) is 0.0821. The van der Waals surface area contributed by atoms with E-state index in [1.807, 2.05) is 0 Å². The molecular formula is C10H17NO4. The van der Waals surface area contributed by atoms with Crippen molar-refractivity contribution in [1.82, 2.24) is 4.90 Å². The van der Waals surface area contributed by atoms with E-state index in [4.69, 9.17) is 10.2 Å². The van der Waals surface area contributed by atoms with Gasteiger partial charge in [0.1, 0.15) is 0 Å². The number of aliphatic hydroxyl groups is 1. The standard InChI is InChI=1S/C10H17NO4/c12-7-8-5-11(6-8)9(13)3-1-2-4-10(14)15/h8,12H,1-7H2,(H,14,15). The van der Waals surface area contributed by atoms with Gasteiger partial charge in [-0.05, 0) is 12.8 Å². The molecule has 5 heteroatoms. The van der Waals surface area contributed by atoms with Crippen LogP contribution in [-0.4, -0.2) is 46.7 Å². The number of aliphatic carboxylic acids is 1. The van der Waals surface area contributed by atoms with Gasteiger partial charge in [-0.1, -0.05) is 0 Å². The van der Waals surface area contributed by atoms with Crippen LogP contribution in [0.1, 0.15) is 25.7 Å². The van der Waals surface area contributed by atoms with E-state index in [9.17, 15) is 9.59 Å². The van der Waals surface area contributed by atoms with E-state index in [0.717, 1.165) is 0 Å². The summed E-state index contributed by atoms with van der Waals surface area (Å²) in [6, 6.07) is 0. The van der Waals surface area contributed by atoms with Crippen LogP contribution in [-0.2, 0) is 9.59 Å². The SMILES string of the molecule is O=C(O)CCCCC(=O)N1CC(CO)C1. The van der Waals surface area contributed by atoms with Gasteiger partial charge in [0.05, 0.1) is 0 Å². The number of hydrogen-bond donors (Lipinski definition) is 2. The molecule has 1 heterocycles. The zero-order chi connectivity index (χ0) is 11.3. The molecule has 0 radical (unpaired) electrons. The van der Waals surface area contributed by atoms with Crippen molar-refractivity contribution >= 4 is 11.9 Å². The number of rotatable bonds is 6. The van der Waals surface area contributed by atoms with Crippen molar-refractivity contribution in [3.05, 3.63) is 0 Å². The Balaban J connectivity index is 2.02. The van der Waals surface area contributed by atoms with Gasteiger partial charge >= 0.3 is 5.97 Å². The quantitative estimate of drug-likeness (QED) is 0.615. The molecule has 0 aliphatic carbocycles. The predicted molar refractivity (Wildman–Crippen MR) is 53.3 cm³/mol. The minimum absolute atomic E-state index is 0.0742. The first-order valence-electron chi connectivity index (χ1n) is 5.24. The Morgan fingerprint density at radius 2 is 1.80 bits per heavy atom. The lowest BCUT2D eigenvalue weighted by Crippen LogP contribution is -2.51. The number of carboxylic acids is 1. The minimum atomic E-state index is -0.813. The van der Waals surface area contributed by atoms with Gasteiger partial charge in [-0.15, -0.1) is 0 Å². The molecule has 1 amide bonds. The van der Waals surface area contributed by atoms with Crippen molar-refractivity contribution < 1.29 is 19.8 Å². The topological polar surface area (TPSA) is 77.8 Å². The number of hydrogen-bond acceptors (Lipinski definition) is 3.